The van der Waals surface area contributed by atoms with Gasteiger partial charge in [0.05, 0.1) is 6.33 Å². The standard InChI is InChI=1S/C18H20N4OS/c1-12-4-5-15(6-13(12)2)7-19-17(23)9-22-8-16(20-11-22)18-21-14(3)10-24-18/h4-6,8,10-11H,7,9H2,1-3H3,(H,19,23). The van der Waals surface area contributed by atoms with Gasteiger partial charge in [0.2, 0.25) is 5.91 Å². The van der Waals surface area contributed by atoms with Gasteiger partial charge in [-0.1, -0.05) is 18.2 Å². The van der Waals surface area contributed by atoms with Crippen molar-refractivity contribution in [1.82, 2.24) is 19.9 Å². The molecule has 0 bridgehead atoms. The maximum absolute atomic E-state index is 12.1. The molecule has 0 aliphatic heterocycles. The van der Waals surface area contributed by atoms with E-state index in [0.29, 0.717) is 6.54 Å². The minimum absolute atomic E-state index is 0.0347. The van der Waals surface area contributed by atoms with Gasteiger partial charge in [0.1, 0.15) is 17.2 Å². The van der Waals surface area contributed by atoms with Crippen LogP contribution in [0.25, 0.3) is 10.7 Å². The second kappa shape index (κ2) is 6.97. The average Bonchev–Trinajstić information content (AvgIpc) is 3.17. The van der Waals surface area contributed by atoms with Gasteiger partial charge >= 0.3 is 0 Å². The summed E-state index contributed by atoms with van der Waals surface area (Å²) >= 11 is 1.56. The number of aromatic nitrogens is 3. The number of aryl methyl sites for hydroxylation is 3. The topological polar surface area (TPSA) is 59.8 Å². The molecule has 24 heavy (non-hydrogen) atoms. The van der Waals surface area contributed by atoms with Gasteiger partial charge in [0.15, 0.2) is 0 Å². The zero-order valence-electron chi connectivity index (χ0n) is 14.0. The van der Waals surface area contributed by atoms with Crippen molar-refractivity contribution >= 4 is 17.2 Å². The molecule has 0 unspecified atom stereocenters. The Bertz CT molecular complexity index is 866. The Morgan fingerprint density at radius 2 is 2.08 bits per heavy atom. The highest BCUT2D eigenvalue weighted by molar-refractivity contribution is 7.13. The molecule has 2 aromatic heterocycles. The highest BCUT2D eigenvalue weighted by atomic mass is 32.1. The molecule has 1 amide bonds. The van der Waals surface area contributed by atoms with Crippen molar-refractivity contribution < 1.29 is 4.79 Å². The zero-order valence-corrected chi connectivity index (χ0v) is 14.9. The van der Waals surface area contributed by atoms with Crippen LogP contribution in [0.15, 0.2) is 36.1 Å². The summed E-state index contributed by atoms with van der Waals surface area (Å²) in [6.45, 7) is 6.90. The fourth-order valence-corrected chi connectivity index (χ4v) is 3.12. The lowest BCUT2D eigenvalue weighted by Gasteiger charge is -2.08. The van der Waals surface area contributed by atoms with Crippen LogP contribution in [-0.2, 0) is 17.9 Å². The average molecular weight is 340 g/mol. The summed E-state index contributed by atoms with van der Waals surface area (Å²) < 4.78 is 1.78. The number of carbonyl (C=O) groups excluding carboxylic acids is 1. The minimum Gasteiger partial charge on any atom is -0.350 e. The van der Waals surface area contributed by atoms with E-state index >= 15 is 0 Å². The van der Waals surface area contributed by atoms with Crippen molar-refractivity contribution in [1.29, 1.82) is 0 Å². The molecule has 0 radical (unpaired) electrons. The number of benzene rings is 1. The molecule has 0 aliphatic rings. The second-order valence-corrected chi connectivity index (χ2v) is 6.78. The van der Waals surface area contributed by atoms with Crippen molar-refractivity contribution in [2.45, 2.75) is 33.9 Å². The third-order valence-corrected chi connectivity index (χ3v) is 4.84. The normalized spacial score (nSPS) is 10.8. The van der Waals surface area contributed by atoms with Crippen molar-refractivity contribution in [3.05, 3.63) is 58.5 Å². The van der Waals surface area contributed by atoms with E-state index in [2.05, 4.69) is 41.3 Å². The molecular weight excluding hydrogens is 320 g/mol. The number of carbonyl (C=O) groups is 1. The smallest absolute Gasteiger partial charge is 0.240 e. The molecule has 1 N–H and O–H groups in total. The molecule has 3 rings (SSSR count). The van der Waals surface area contributed by atoms with Crippen molar-refractivity contribution in [3.8, 4) is 10.7 Å². The van der Waals surface area contributed by atoms with E-state index in [4.69, 9.17) is 0 Å². The third-order valence-electron chi connectivity index (χ3n) is 3.86. The summed E-state index contributed by atoms with van der Waals surface area (Å²) in [5, 5.41) is 5.81. The third kappa shape index (κ3) is 3.89. The first kappa shape index (κ1) is 16.4. The van der Waals surface area contributed by atoms with Gasteiger partial charge in [-0.2, -0.15) is 0 Å². The predicted octanol–water partition coefficient (Wildman–Crippen LogP) is 3.25. The van der Waals surface area contributed by atoms with Crippen LogP contribution < -0.4 is 5.32 Å². The van der Waals surface area contributed by atoms with Crippen LogP contribution in [0, 0.1) is 20.8 Å². The first-order valence-electron chi connectivity index (χ1n) is 7.78. The van der Waals surface area contributed by atoms with Gasteiger partial charge in [-0.3, -0.25) is 4.79 Å². The Labute approximate surface area is 145 Å². The van der Waals surface area contributed by atoms with Crippen LogP contribution in [0.2, 0.25) is 0 Å². The molecule has 0 spiro atoms. The predicted molar refractivity (Wildman–Crippen MR) is 95.8 cm³/mol. The summed E-state index contributed by atoms with van der Waals surface area (Å²) in [6, 6.07) is 6.23. The molecule has 0 atom stereocenters. The van der Waals surface area contributed by atoms with Crippen molar-refractivity contribution in [2.75, 3.05) is 0 Å². The summed E-state index contributed by atoms with van der Waals surface area (Å²) in [4.78, 5) is 20.8. The highest BCUT2D eigenvalue weighted by Crippen LogP contribution is 2.21. The minimum atomic E-state index is -0.0347. The Balaban J connectivity index is 1.57. The van der Waals surface area contributed by atoms with E-state index in [9.17, 15) is 4.79 Å². The van der Waals surface area contributed by atoms with Gasteiger partial charge in [0.25, 0.3) is 0 Å². The van der Waals surface area contributed by atoms with Crippen LogP contribution in [-0.4, -0.2) is 20.4 Å². The van der Waals surface area contributed by atoms with Crippen LogP contribution >= 0.6 is 11.3 Å². The zero-order chi connectivity index (χ0) is 17.1. The molecule has 0 saturated heterocycles. The molecule has 3 aromatic rings. The number of hydrogen-bond acceptors (Lipinski definition) is 4. The number of imidazole rings is 1. The van der Waals surface area contributed by atoms with Gasteiger partial charge in [-0.15, -0.1) is 11.3 Å². The summed E-state index contributed by atoms with van der Waals surface area (Å²) in [5.74, 6) is -0.0347. The fraction of sp³-hybridized carbons (Fsp3) is 0.278. The molecule has 2 heterocycles. The van der Waals surface area contributed by atoms with Crippen molar-refractivity contribution in [2.24, 2.45) is 0 Å². The quantitative estimate of drug-likeness (QED) is 0.775. The molecule has 124 valence electrons. The number of nitrogens with one attached hydrogen (secondary N) is 1. The van der Waals surface area contributed by atoms with Crippen molar-refractivity contribution in [3.63, 3.8) is 0 Å². The SMILES string of the molecule is Cc1csc(-c2cn(CC(=O)NCc3ccc(C)c(C)c3)cn2)n1. The largest absolute Gasteiger partial charge is 0.350 e. The number of rotatable bonds is 5. The first-order valence-corrected chi connectivity index (χ1v) is 8.66. The Morgan fingerprint density at radius 1 is 1.25 bits per heavy atom. The van der Waals surface area contributed by atoms with E-state index in [-0.39, 0.29) is 12.5 Å². The number of hydrogen-bond donors (Lipinski definition) is 1. The van der Waals surface area contributed by atoms with Crippen LogP contribution in [0.1, 0.15) is 22.4 Å². The summed E-state index contributed by atoms with van der Waals surface area (Å²) in [5.41, 5.74) is 5.38. The lowest BCUT2D eigenvalue weighted by molar-refractivity contribution is -0.121. The maximum atomic E-state index is 12.1. The lowest BCUT2D eigenvalue weighted by atomic mass is 10.1. The molecule has 0 saturated carbocycles. The Kier molecular flexibility index (Phi) is 4.76. The highest BCUT2D eigenvalue weighted by Gasteiger charge is 2.08. The van der Waals surface area contributed by atoms with E-state index in [1.165, 1.54) is 11.1 Å². The van der Waals surface area contributed by atoms with E-state index < -0.39 is 0 Å². The molecule has 5 nitrogen and oxygen atoms in total. The summed E-state index contributed by atoms with van der Waals surface area (Å²) in [7, 11) is 0. The van der Waals surface area contributed by atoms with Crippen LogP contribution in [0.5, 0.6) is 0 Å². The number of nitrogens with zero attached hydrogens (tertiary/aromatic N) is 3. The Hall–Kier alpha value is -2.47. The van der Waals surface area contributed by atoms with Gasteiger partial charge in [-0.25, -0.2) is 9.97 Å². The van der Waals surface area contributed by atoms with Gasteiger partial charge in [0, 0.05) is 23.8 Å². The molecule has 0 fully saturated rings. The van der Waals surface area contributed by atoms with Crippen LogP contribution in [0.4, 0.5) is 0 Å². The van der Waals surface area contributed by atoms with E-state index in [1.54, 1.807) is 22.2 Å². The Morgan fingerprint density at radius 3 is 2.79 bits per heavy atom. The number of thiazole rings is 1. The van der Waals surface area contributed by atoms with Gasteiger partial charge in [-0.05, 0) is 37.5 Å². The van der Waals surface area contributed by atoms with E-state index in [0.717, 1.165) is 22.0 Å². The molecule has 1 aromatic carbocycles. The van der Waals surface area contributed by atoms with E-state index in [1.807, 2.05) is 24.6 Å². The summed E-state index contributed by atoms with van der Waals surface area (Å²) in [6.07, 6.45) is 3.52. The maximum Gasteiger partial charge on any atom is 0.240 e. The van der Waals surface area contributed by atoms with Gasteiger partial charge < -0.3 is 9.88 Å². The fourth-order valence-electron chi connectivity index (χ4n) is 2.36. The number of amides is 1. The molecule has 0 aliphatic carbocycles. The lowest BCUT2D eigenvalue weighted by Crippen LogP contribution is -2.26. The van der Waals surface area contributed by atoms with Crippen LogP contribution in [0.3, 0.4) is 0 Å². The first-order chi connectivity index (χ1) is 11.5. The molecule has 6 heteroatoms. The monoisotopic (exact) mass is 340 g/mol. The molecular formula is C18H20N4OS. The second-order valence-electron chi connectivity index (χ2n) is 5.92.